The summed E-state index contributed by atoms with van der Waals surface area (Å²) in [7, 11) is 0. The zero-order valence-electron chi connectivity index (χ0n) is 22.0. The highest BCUT2D eigenvalue weighted by atomic mass is 16.0. The highest BCUT2D eigenvalue weighted by Gasteiger charge is 2.08. The lowest BCUT2D eigenvalue weighted by atomic mass is 9.93. The van der Waals surface area contributed by atoms with E-state index >= 15 is 0 Å². The van der Waals surface area contributed by atoms with E-state index in [0.717, 1.165) is 48.2 Å². The van der Waals surface area contributed by atoms with Crippen LogP contribution in [0.1, 0.15) is 73.6 Å². The molecule has 0 aliphatic carbocycles. The quantitative estimate of drug-likeness (QED) is 0.208. The van der Waals surface area contributed by atoms with E-state index in [1.54, 1.807) is 0 Å². The average Bonchev–Trinajstić information content (AvgIpc) is 2.96. The fraction of sp³-hybridized carbons (Fsp3) is 0.235. The summed E-state index contributed by atoms with van der Waals surface area (Å²) in [4.78, 5) is 0. The van der Waals surface area contributed by atoms with Crippen molar-refractivity contribution < 1.29 is 5.48 Å². The molecule has 192 valence electrons. The molecule has 0 fully saturated rings. The summed E-state index contributed by atoms with van der Waals surface area (Å²) in [5.41, 5.74) is 6.27. The van der Waals surface area contributed by atoms with Crippen LogP contribution in [-0.2, 0) is 0 Å². The molecule has 2 atom stereocenters. The maximum atomic E-state index is 8.09. The molecular formula is C34H40N2O. The van der Waals surface area contributed by atoms with E-state index in [9.17, 15) is 0 Å². The van der Waals surface area contributed by atoms with Crippen molar-refractivity contribution in [3.05, 3.63) is 144 Å². The number of hydrogen-bond donors (Lipinski definition) is 2. The highest BCUT2D eigenvalue weighted by Crippen LogP contribution is 2.22. The van der Waals surface area contributed by atoms with Crippen molar-refractivity contribution >= 4 is 11.4 Å². The van der Waals surface area contributed by atoms with E-state index < -0.39 is 0 Å². The smallest absolute Gasteiger partial charge is 0.0386 e. The first kappa shape index (κ1) is 29.4. The van der Waals surface area contributed by atoms with E-state index in [4.69, 9.17) is 10.8 Å². The van der Waals surface area contributed by atoms with Crippen LogP contribution in [0.15, 0.2) is 121 Å². The highest BCUT2D eigenvalue weighted by molar-refractivity contribution is 5.98. The van der Waals surface area contributed by atoms with Crippen LogP contribution in [0.3, 0.4) is 0 Å². The van der Waals surface area contributed by atoms with Gasteiger partial charge in [-0.1, -0.05) is 135 Å². The van der Waals surface area contributed by atoms with Gasteiger partial charge in [0.15, 0.2) is 0 Å². The topological polar surface area (TPSA) is 79.2 Å². The Morgan fingerprint density at radius 2 is 0.757 bits per heavy atom. The van der Waals surface area contributed by atoms with Crippen molar-refractivity contribution in [2.45, 2.75) is 51.4 Å². The minimum Gasteiger partial charge on any atom is -0.412 e. The Kier molecular flexibility index (Phi) is 12.7. The van der Waals surface area contributed by atoms with Gasteiger partial charge in [-0.25, -0.2) is 0 Å². The van der Waals surface area contributed by atoms with Gasteiger partial charge in [0.05, 0.1) is 0 Å². The van der Waals surface area contributed by atoms with Gasteiger partial charge in [0.1, 0.15) is 0 Å². The largest absolute Gasteiger partial charge is 0.412 e. The molecule has 0 aliphatic heterocycles. The molecule has 0 aromatic heterocycles. The maximum absolute atomic E-state index is 8.09. The van der Waals surface area contributed by atoms with Crippen molar-refractivity contribution in [2.75, 3.05) is 0 Å². The van der Waals surface area contributed by atoms with Crippen LogP contribution in [0, 0.1) is 10.8 Å². The normalized spacial score (nSPS) is 11.7. The molecule has 0 aliphatic rings. The minimum absolute atomic E-state index is 0. The van der Waals surface area contributed by atoms with Crippen molar-refractivity contribution in [3.8, 4) is 0 Å². The zero-order valence-corrected chi connectivity index (χ0v) is 22.0. The Morgan fingerprint density at radius 3 is 1.05 bits per heavy atom. The van der Waals surface area contributed by atoms with E-state index in [1.807, 2.05) is 72.8 Å². The molecule has 0 saturated heterocycles. The lowest BCUT2D eigenvalue weighted by Crippen LogP contribution is -2.02. The van der Waals surface area contributed by atoms with Crippen LogP contribution in [0.25, 0.3) is 0 Å². The first-order chi connectivity index (χ1) is 17.5. The second-order valence-electron chi connectivity index (χ2n) is 9.39. The molecule has 3 nitrogen and oxygen atoms in total. The molecule has 37 heavy (non-hydrogen) atoms. The van der Waals surface area contributed by atoms with Crippen LogP contribution in [0.4, 0.5) is 0 Å². The maximum Gasteiger partial charge on any atom is 0.0386 e. The Bertz CT molecular complexity index is 1080. The molecular weight excluding hydrogens is 452 g/mol. The molecule has 0 radical (unpaired) electrons. The van der Waals surface area contributed by atoms with Crippen molar-refractivity contribution in [2.24, 2.45) is 0 Å². The lowest BCUT2D eigenvalue weighted by Gasteiger charge is -2.12. The number of hydrogen-bond acceptors (Lipinski definition) is 2. The Balaban J connectivity index is 0.000000253. The molecule has 0 heterocycles. The fourth-order valence-corrected chi connectivity index (χ4v) is 4.19. The van der Waals surface area contributed by atoms with Gasteiger partial charge in [0.25, 0.3) is 0 Å². The molecule has 4 aromatic carbocycles. The van der Waals surface area contributed by atoms with Gasteiger partial charge in [0.2, 0.25) is 0 Å². The molecule has 4 rings (SSSR count). The van der Waals surface area contributed by atoms with Crippen molar-refractivity contribution in [1.82, 2.24) is 0 Å². The van der Waals surface area contributed by atoms with E-state index in [2.05, 4.69) is 62.4 Å². The first-order valence-electron chi connectivity index (χ1n) is 12.9. The predicted molar refractivity (Wildman–Crippen MR) is 158 cm³/mol. The SMILES string of the molecule is CC(CCC(=N)c1ccccc1)c1ccccc1.CC(CCC(=N)c1ccccc1)c1ccccc1.O. The fourth-order valence-electron chi connectivity index (χ4n) is 4.19. The molecule has 0 spiro atoms. The molecule has 0 amide bonds. The molecule has 4 aromatic rings. The Labute approximate surface area is 222 Å². The average molecular weight is 493 g/mol. The van der Waals surface area contributed by atoms with Crippen LogP contribution in [0.5, 0.6) is 0 Å². The lowest BCUT2D eigenvalue weighted by molar-refractivity contribution is 0.702. The van der Waals surface area contributed by atoms with Gasteiger partial charge in [-0.3, -0.25) is 0 Å². The first-order valence-corrected chi connectivity index (χ1v) is 12.9. The van der Waals surface area contributed by atoms with Gasteiger partial charge in [-0.05, 0) is 59.8 Å². The molecule has 4 N–H and O–H groups in total. The van der Waals surface area contributed by atoms with Crippen molar-refractivity contribution in [3.63, 3.8) is 0 Å². The minimum atomic E-state index is 0. The summed E-state index contributed by atoms with van der Waals surface area (Å²) in [6, 6.07) is 41.0. The van der Waals surface area contributed by atoms with Gasteiger partial charge < -0.3 is 16.3 Å². The van der Waals surface area contributed by atoms with Gasteiger partial charge in [-0.2, -0.15) is 0 Å². The summed E-state index contributed by atoms with van der Waals surface area (Å²) in [6.07, 6.45) is 3.72. The van der Waals surface area contributed by atoms with Crippen LogP contribution in [-0.4, -0.2) is 16.9 Å². The monoisotopic (exact) mass is 492 g/mol. The second-order valence-corrected chi connectivity index (χ2v) is 9.39. The van der Waals surface area contributed by atoms with Gasteiger partial charge in [0, 0.05) is 11.4 Å². The number of rotatable bonds is 10. The summed E-state index contributed by atoms with van der Waals surface area (Å²) in [5.74, 6) is 1.02. The number of nitrogens with one attached hydrogen (secondary N) is 2. The van der Waals surface area contributed by atoms with Gasteiger partial charge >= 0.3 is 0 Å². The standard InChI is InChI=1S/2C17H19N.H2O/c2*1-14(15-8-4-2-5-9-15)12-13-17(18)16-10-6-3-7-11-16;/h2*2-11,14,18H,12-13H2,1H3;1H2. The third-order valence-electron chi connectivity index (χ3n) is 6.64. The second kappa shape index (κ2) is 16.0. The van der Waals surface area contributed by atoms with Crippen molar-refractivity contribution in [1.29, 1.82) is 10.8 Å². The van der Waals surface area contributed by atoms with Crippen LogP contribution in [0.2, 0.25) is 0 Å². The zero-order chi connectivity index (χ0) is 25.6. The molecule has 0 bridgehead atoms. The summed E-state index contributed by atoms with van der Waals surface area (Å²) < 4.78 is 0. The number of benzene rings is 4. The van der Waals surface area contributed by atoms with E-state index in [0.29, 0.717) is 11.8 Å². The summed E-state index contributed by atoms with van der Waals surface area (Å²) in [6.45, 7) is 4.46. The Hall–Kier alpha value is -3.82. The van der Waals surface area contributed by atoms with Gasteiger partial charge in [-0.15, -0.1) is 0 Å². The van der Waals surface area contributed by atoms with E-state index in [-0.39, 0.29) is 5.48 Å². The predicted octanol–water partition coefficient (Wildman–Crippen LogP) is 8.45. The van der Waals surface area contributed by atoms with Crippen LogP contribution < -0.4 is 0 Å². The third kappa shape index (κ3) is 9.98. The summed E-state index contributed by atoms with van der Waals surface area (Å²) in [5, 5.41) is 16.2. The molecule has 0 saturated carbocycles. The molecule has 3 heteroatoms. The Morgan fingerprint density at radius 1 is 0.486 bits per heavy atom. The molecule has 2 unspecified atom stereocenters. The van der Waals surface area contributed by atoms with Crippen LogP contribution >= 0.6 is 0 Å². The summed E-state index contributed by atoms with van der Waals surface area (Å²) >= 11 is 0. The third-order valence-corrected chi connectivity index (χ3v) is 6.64. The van der Waals surface area contributed by atoms with E-state index in [1.165, 1.54) is 11.1 Å².